The third-order valence-corrected chi connectivity index (χ3v) is 3.27. The second-order valence-electron chi connectivity index (χ2n) is 4.32. The minimum atomic E-state index is -2.69. The lowest BCUT2D eigenvalue weighted by Crippen LogP contribution is -2.74. The van der Waals surface area contributed by atoms with Crippen LogP contribution >= 0.6 is 0 Å². The van der Waals surface area contributed by atoms with Gasteiger partial charge in [0.15, 0.2) is 0 Å². The smallest absolute Gasteiger partial charge is 0.250 e. The first-order chi connectivity index (χ1) is 5.87. The predicted octanol–water partition coefficient (Wildman–Crippen LogP) is -0.163. The van der Waals surface area contributed by atoms with E-state index in [1.54, 1.807) is 0 Å². The molecule has 1 aliphatic carbocycles. The van der Waals surface area contributed by atoms with Gasteiger partial charge >= 0.3 is 0 Å². The molecule has 1 aliphatic heterocycles. The van der Waals surface area contributed by atoms with Crippen LogP contribution in [-0.4, -0.2) is 35.3 Å². The van der Waals surface area contributed by atoms with Gasteiger partial charge in [-0.05, 0) is 6.42 Å². The van der Waals surface area contributed by atoms with E-state index >= 15 is 0 Å². The number of nitrogens with two attached hydrogens (primary N) is 1. The molecule has 5 heteroatoms. The van der Waals surface area contributed by atoms with Gasteiger partial charge in [0.25, 0.3) is 0 Å². The first-order valence-electron chi connectivity index (χ1n) is 4.47. The van der Waals surface area contributed by atoms with Crippen LogP contribution in [0, 0.1) is 0 Å². The molecular weight excluding hydrogens is 178 g/mol. The molecule has 2 rings (SSSR count). The molecule has 1 heterocycles. The summed E-state index contributed by atoms with van der Waals surface area (Å²) in [5.74, 6) is -2.69. The van der Waals surface area contributed by atoms with Crippen molar-refractivity contribution in [2.45, 2.75) is 36.3 Å². The summed E-state index contributed by atoms with van der Waals surface area (Å²) in [5.41, 5.74) is 3.59. The Morgan fingerprint density at radius 3 is 2.15 bits per heavy atom. The van der Waals surface area contributed by atoms with Gasteiger partial charge in [0.2, 0.25) is 5.92 Å². The molecule has 4 N–H and O–H groups in total. The molecule has 0 spiro atoms. The Morgan fingerprint density at radius 2 is 1.85 bits per heavy atom. The zero-order chi connectivity index (χ0) is 9.74. The Labute approximate surface area is 75.3 Å². The molecule has 0 aromatic rings. The van der Waals surface area contributed by atoms with Crippen molar-refractivity contribution in [1.82, 2.24) is 5.32 Å². The van der Waals surface area contributed by atoms with E-state index in [9.17, 15) is 13.9 Å². The highest BCUT2D eigenvalue weighted by Crippen LogP contribution is 2.46. The van der Waals surface area contributed by atoms with Crippen molar-refractivity contribution in [1.29, 1.82) is 0 Å². The van der Waals surface area contributed by atoms with E-state index in [0.29, 0.717) is 13.1 Å². The maximum absolute atomic E-state index is 12.9. The Morgan fingerprint density at radius 1 is 1.23 bits per heavy atom. The molecule has 0 amide bonds. The maximum Gasteiger partial charge on any atom is 0.250 e. The molecule has 1 atom stereocenters. The summed E-state index contributed by atoms with van der Waals surface area (Å²) in [5, 5.41) is 12.7. The molecule has 1 saturated carbocycles. The van der Waals surface area contributed by atoms with Crippen molar-refractivity contribution in [3.05, 3.63) is 0 Å². The molecule has 0 bridgehead atoms. The first-order valence-corrected chi connectivity index (χ1v) is 4.47. The lowest BCUT2D eigenvalue weighted by molar-refractivity contribution is -0.0891. The van der Waals surface area contributed by atoms with Gasteiger partial charge in [-0.25, -0.2) is 8.78 Å². The second-order valence-corrected chi connectivity index (χ2v) is 4.32. The SMILES string of the molecule is NC1(C2(O)CNC2)CCC(F)(F)C1. The highest BCUT2D eigenvalue weighted by atomic mass is 19.3. The summed E-state index contributed by atoms with van der Waals surface area (Å²) < 4.78 is 25.8. The molecule has 13 heavy (non-hydrogen) atoms. The van der Waals surface area contributed by atoms with E-state index in [2.05, 4.69) is 5.32 Å². The normalized spacial score (nSPS) is 41.5. The topological polar surface area (TPSA) is 58.3 Å². The van der Waals surface area contributed by atoms with Gasteiger partial charge in [0.1, 0.15) is 5.60 Å². The van der Waals surface area contributed by atoms with Crippen molar-refractivity contribution in [2.24, 2.45) is 5.73 Å². The van der Waals surface area contributed by atoms with Crippen LogP contribution in [0.4, 0.5) is 8.78 Å². The predicted molar refractivity (Wildman–Crippen MR) is 43.5 cm³/mol. The quantitative estimate of drug-likeness (QED) is 0.541. The van der Waals surface area contributed by atoms with E-state index in [1.165, 1.54) is 0 Å². The molecule has 3 nitrogen and oxygen atoms in total. The van der Waals surface area contributed by atoms with E-state index in [1.807, 2.05) is 0 Å². The number of β-amino-alcohol motifs (C(OH)–C–C–N with tert-alkyl or cyclic N) is 1. The lowest BCUT2D eigenvalue weighted by Gasteiger charge is -2.49. The molecule has 1 unspecified atom stereocenters. The third kappa shape index (κ3) is 1.26. The molecule has 2 fully saturated rings. The number of nitrogens with one attached hydrogen (secondary N) is 1. The van der Waals surface area contributed by atoms with Crippen LogP contribution in [0.15, 0.2) is 0 Å². The van der Waals surface area contributed by atoms with Crippen molar-refractivity contribution >= 4 is 0 Å². The Kier molecular flexibility index (Phi) is 1.72. The standard InChI is InChI=1S/C8H14F2N2O/c9-8(10)2-1-6(11,3-8)7(13)4-12-5-7/h12-13H,1-5,11H2. The molecule has 0 radical (unpaired) electrons. The van der Waals surface area contributed by atoms with Gasteiger partial charge in [0.05, 0.1) is 5.54 Å². The fraction of sp³-hybridized carbons (Fsp3) is 1.00. The number of alkyl halides is 2. The van der Waals surface area contributed by atoms with E-state index in [4.69, 9.17) is 5.73 Å². The molecule has 0 aromatic heterocycles. The Balaban J connectivity index is 2.14. The van der Waals surface area contributed by atoms with Gasteiger partial charge in [-0.2, -0.15) is 0 Å². The number of halogens is 2. The van der Waals surface area contributed by atoms with Crippen molar-refractivity contribution in [3.63, 3.8) is 0 Å². The monoisotopic (exact) mass is 192 g/mol. The Bertz CT molecular complexity index is 230. The summed E-state index contributed by atoms with van der Waals surface area (Å²) in [6.07, 6.45) is -0.387. The fourth-order valence-corrected chi connectivity index (χ4v) is 2.16. The van der Waals surface area contributed by atoms with Crippen LogP contribution in [0.1, 0.15) is 19.3 Å². The summed E-state index contributed by atoms with van der Waals surface area (Å²) in [6, 6.07) is 0. The van der Waals surface area contributed by atoms with Crippen LogP contribution in [-0.2, 0) is 0 Å². The van der Waals surface area contributed by atoms with Crippen LogP contribution in [0.3, 0.4) is 0 Å². The minimum absolute atomic E-state index is 0.203. The van der Waals surface area contributed by atoms with Crippen molar-refractivity contribution in [2.75, 3.05) is 13.1 Å². The molecule has 0 aromatic carbocycles. The number of hydrogen-bond donors (Lipinski definition) is 3. The third-order valence-electron chi connectivity index (χ3n) is 3.27. The van der Waals surface area contributed by atoms with Crippen molar-refractivity contribution in [3.8, 4) is 0 Å². The highest BCUT2D eigenvalue weighted by molar-refractivity contribution is 5.15. The number of rotatable bonds is 1. The number of hydrogen-bond acceptors (Lipinski definition) is 3. The van der Waals surface area contributed by atoms with Gasteiger partial charge in [-0.15, -0.1) is 0 Å². The summed E-state index contributed by atoms with van der Waals surface area (Å²) >= 11 is 0. The molecule has 76 valence electrons. The summed E-state index contributed by atoms with van der Waals surface area (Å²) in [6.45, 7) is 0.666. The second kappa shape index (κ2) is 2.40. The highest BCUT2D eigenvalue weighted by Gasteiger charge is 2.59. The Hall–Kier alpha value is -0.260. The number of aliphatic hydroxyl groups is 1. The largest absolute Gasteiger partial charge is 0.385 e. The average molecular weight is 192 g/mol. The van der Waals surface area contributed by atoms with Crippen LogP contribution in [0.2, 0.25) is 0 Å². The van der Waals surface area contributed by atoms with E-state index in [-0.39, 0.29) is 12.8 Å². The van der Waals surface area contributed by atoms with E-state index < -0.39 is 23.5 Å². The first kappa shape index (κ1) is 9.30. The lowest BCUT2D eigenvalue weighted by atomic mass is 9.75. The molecular formula is C8H14F2N2O. The minimum Gasteiger partial charge on any atom is -0.385 e. The summed E-state index contributed by atoms with van der Waals surface area (Å²) in [4.78, 5) is 0. The molecule has 1 saturated heterocycles. The fourth-order valence-electron chi connectivity index (χ4n) is 2.16. The van der Waals surface area contributed by atoms with Gasteiger partial charge in [-0.3, -0.25) is 0 Å². The summed E-state index contributed by atoms with van der Waals surface area (Å²) in [7, 11) is 0. The van der Waals surface area contributed by atoms with Crippen LogP contribution < -0.4 is 11.1 Å². The van der Waals surface area contributed by atoms with Gasteiger partial charge < -0.3 is 16.2 Å². The van der Waals surface area contributed by atoms with Crippen LogP contribution in [0.25, 0.3) is 0 Å². The van der Waals surface area contributed by atoms with Gasteiger partial charge in [0, 0.05) is 25.9 Å². The zero-order valence-corrected chi connectivity index (χ0v) is 7.32. The van der Waals surface area contributed by atoms with E-state index in [0.717, 1.165) is 0 Å². The van der Waals surface area contributed by atoms with Crippen LogP contribution in [0.5, 0.6) is 0 Å². The maximum atomic E-state index is 12.9. The average Bonchev–Trinajstić information content (AvgIpc) is 2.22. The molecule has 2 aliphatic rings. The van der Waals surface area contributed by atoms with Crippen molar-refractivity contribution < 1.29 is 13.9 Å². The zero-order valence-electron chi connectivity index (χ0n) is 7.32. The van der Waals surface area contributed by atoms with Gasteiger partial charge in [-0.1, -0.05) is 0 Å².